The number of carbonyl (C=O) groups excluding carboxylic acids is 3. The van der Waals surface area contributed by atoms with E-state index in [1.54, 1.807) is 64.3 Å². The van der Waals surface area contributed by atoms with E-state index in [-0.39, 0.29) is 29.1 Å². The second kappa shape index (κ2) is 18.5. The van der Waals surface area contributed by atoms with Gasteiger partial charge in [-0.15, -0.1) is 16.0 Å². The maximum atomic E-state index is 15.4. The first-order valence-corrected chi connectivity index (χ1v) is 19.2. The van der Waals surface area contributed by atoms with Gasteiger partial charge in [0.2, 0.25) is 18.3 Å². The monoisotopic (exact) mass is 846 g/mol. The Hall–Kier alpha value is -6.65. The van der Waals surface area contributed by atoms with Gasteiger partial charge in [-0.2, -0.15) is 9.83 Å². The summed E-state index contributed by atoms with van der Waals surface area (Å²) >= 11 is 1.22. The molecule has 3 aromatic heterocycles. The number of benzene rings is 2. The third-order valence-corrected chi connectivity index (χ3v) is 10.1. The van der Waals surface area contributed by atoms with Crippen molar-refractivity contribution in [3.63, 3.8) is 0 Å². The Kier molecular flexibility index (Phi) is 13.7. The molecule has 1 unspecified atom stereocenters. The van der Waals surface area contributed by atoms with E-state index in [0.29, 0.717) is 16.3 Å². The number of nitriles is 1. The van der Waals surface area contributed by atoms with Crippen molar-refractivity contribution < 1.29 is 56.9 Å². The minimum atomic E-state index is -2.08. The molecule has 5 aromatic rings. The van der Waals surface area contributed by atoms with E-state index < -0.39 is 78.4 Å². The predicted molar refractivity (Wildman–Crippen MR) is 208 cm³/mol. The van der Waals surface area contributed by atoms with Crippen molar-refractivity contribution in [1.29, 1.82) is 5.26 Å². The number of amides is 1. The quantitative estimate of drug-likeness (QED) is 0.0741. The van der Waals surface area contributed by atoms with Crippen molar-refractivity contribution in [3.05, 3.63) is 112 Å². The number of halogens is 2. The molecule has 60 heavy (non-hydrogen) atoms. The van der Waals surface area contributed by atoms with Gasteiger partial charge in [0, 0.05) is 47.1 Å². The SMILES string of the molecule is CC(Oc1cnc(CC(=O)C(=O)O)c(COC(=O)CN(C)C(=O)OC(C)(C)C)c1)[n+]1cnn(C[C@](O)(c2cc(F)ccc2F)[C@@H](C)c2nc(-c3ccc(C#N)cc3)cs2)c1. The van der Waals surface area contributed by atoms with Gasteiger partial charge in [0.1, 0.15) is 48.3 Å². The zero-order chi connectivity index (χ0) is 43.9. The van der Waals surface area contributed by atoms with Crippen LogP contribution in [0.2, 0.25) is 0 Å². The number of hydrogen-bond acceptors (Lipinski definition) is 13. The Morgan fingerprint density at radius 3 is 2.47 bits per heavy atom. The number of rotatable bonds is 16. The molecule has 2 N–H and O–H groups in total. The van der Waals surface area contributed by atoms with E-state index in [9.17, 15) is 33.8 Å². The highest BCUT2D eigenvalue weighted by atomic mass is 32.1. The first kappa shape index (κ1) is 44.5. The Morgan fingerprint density at radius 2 is 1.80 bits per heavy atom. The molecule has 0 radical (unpaired) electrons. The molecule has 3 heterocycles. The lowest BCUT2D eigenvalue weighted by molar-refractivity contribution is -0.750. The lowest BCUT2D eigenvalue weighted by Crippen LogP contribution is -2.41. The van der Waals surface area contributed by atoms with Gasteiger partial charge < -0.3 is 29.3 Å². The van der Waals surface area contributed by atoms with Crippen LogP contribution in [0.5, 0.6) is 5.75 Å². The lowest BCUT2D eigenvalue weighted by atomic mass is 9.82. The zero-order valence-electron chi connectivity index (χ0n) is 33.5. The fourth-order valence-electron chi connectivity index (χ4n) is 5.83. The first-order valence-electron chi connectivity index (χ1n) is 18.3. The van der Waals surface area contributed by atoms with Crippen molar-refractivity contribution in [1.82, 2.24) is 24.6 Å². The molecule has 0 aliphatic carbocycles. The van der Waals surface area contributed by atoms with E-state index in [2.05, 4.69) is 16.2 Å². The Balaban J connectivity index is 1.35. The summed E-state index contributed by atoms with van der Waals surface area (Å²) < 4.78 is 49.5. The van der Waals surface area contributed by atoms with E-state index in [4.69, 9.17) is 24.5 Å². The normalized spacial score (nSPS) is 13.3. The number of pyridine rings is 1. The van der Waals surface area contributed by atoms with E-state index in [0.717, 1.165) is 28.7 Å². The summed E-state index contributed by atoms with van der Waals surface area (Å²) in [4.78, 5) is 58.3. The summed E-state index contributed by atoms with van der Waals surface area (Å²) in [6.07, 6.45) is 1.91. The number of esters is 1. The number of carboxylic acids is 1. The third kappa shape index (κ3) is 11.1. The second-order valence-electron chi connectivity index (χ2n) is 14.8. The van der Waals surface area contributed by atoms with Crippen LogP contribution < -0.4 is 9.30 Å². The lowest BCUT2D eigenvalue weighted by Gasteiger charge is -2.32. The van der Waals surface area contributed by atoms with Gasteiger partial charge in [0.05, 0.1) is 40.6 Å². The van der Waals surface area contributed by atoms with Crippen LogP contribution in [-0.4, -0.2) is 77.9 Å². The summed E-state index contributed by atoms with van der Waals surface area (Å²) in [5.41, 5.74) is -1.26. The Morgan fingerprint density at radius 1 is 1.08 bits per heavy atom. The molecule has 2 aromatic carbocycles. The number of ether oxygens (including phenoxy) is 3. The van der Waals surface area contributed by atoms with Crippen LogP contribution in [0.3, 0.4) is 0 Å². The molecule has 0 saturated heterocycles. The number of thiazole rings is 1. The third-order valence-electron chi connectivity index (χ3n) is 9.10. The number of ketones is 1. The highest BCUT2D eigenvalue weighted by Gasteiger charge is 2.43. The molecule has 19 heteroatoms. The second-order valence-corrected chi connectivity index (χ2v) is 15.7. The molecule has 0 spiro atoms. The fraction of sp³-hybridized carbons (Fsp3) is 0.341. The van der Waals surface area contributed by atoms with Gasteiger partial charge in [-0.3, -0.25) is 14.6 Å². The maximum Gasteiger partial charge on any atom is 0.410 e. The standard InChI is InChI=1S/C41H41F2N7O9S/c1-24(37-47-34(20-60-37)27-9-7-26(16-44)8-10-27)41(56,31-14-29(42)11-12-32(31)43)21-50-23-49(22-46-50)25(2)58-30-13-28(33(45-17-30)15-35(51)38(53)54)19-57-36(52)18-48(6)39(55)59-40(3,4)5/h7-14,17,20,22-25,56H,15,18-19,21H2,1-6H3/p+1/t24-,25?,41+/m0/s1. The highest BCUT2D eigenvalue weighted by Crippen LogP contribution is 2.41. The summed E-state index contributed by atoms with van der Waals surface area (Å²) in [5, 5.41) is 37.2. The maximum absolute atomic E-state index is 15.4. The molecule has 0 saturated carbocycles. The summed E-state index contributed by atoms with van der Waals surface area (Å²) in [6.45, 7) is 7.02. The van der Waals surface area contributed by atoms with Crippen molar-refractivity contribution in [3.8, 4) is 23.1 Å². The first-order chi connectivity index (χ1) is 28.3. The average Bonchev–Trinajstić information content (AvgIpc) is 3.88. The molecule has 5 rings (SSSR count). The summed E-state index contributed by atoms with van der Waals surface area (Å²) in [7, 11) is 1.35. The Bertz CT molecular complexity index is 2430. The van der Waals surface area contributed by atoms with E-state index in [1.807, 2.05) is 0 Å². The number of aliphatic hydroxyl groups is 1. The highest BCUT2D eigenvalue weighted by molar-refractivity contribution is 7.10. The van der Waals surface area contributed by atoms with Crippen molar-refractivity contribution in [2.24, 2.45) is 0 Å². The van der Waals surface area contributed by atoms with Crippen LogP contribution in [0.15, 0.2) is 72.8 Å². The molecule has 3 atom stereocenters. The number of nitrogens with zero attached hydrogens (tertiary/aromatic N) is 7. The number of likely N-dealkylation sites (N-methyl/N-ethyl adjacent to an activating group) is 1. The molecule has 0 aliphatic heterocycles. The molecule has 0 aliphatic rings. The van der Waals surface area contributed by atoms with Gasteiger partial charge in [-0.25, -0.2) is 23.4 Å². The van der Waals surface area contributed by atoms with Crippen LogP contribution in [0, 0.1) is 23.0 Å². The van der Waals surface area contributed by atoms with E-state index in [1.165, 1.54) is 52.6 Å². The minimum Gasteiger partial charge on any atom is -0.475 e. The average molecular weight is 847 g/mol. The number of aromatic nitrogens is 5. The number of carbonyl (C=O) groups is 4. The van der Waals surface area contributed by atoms with Gasteiger partial charge in [-0.05, 0) is 57.2 Å². The van der Waals surface area contributed by atoms with Crippen LogP contribution in [0.25, 0.3) is 11.3 Å². The number of hydrogen-bond donors (Lipinski definition) is 2. The zero-order valence-corrected chi connectivity index (χ0v) is 34.3. The van der Waals surface area contributed by atoms with Crippen molar-refractivity contribution in [2.45, 2.75) is 77.5 Å². The largest absolute Gasteiger partial charge is 0.475 e. The molecule has 16 nitrogen and oxygen atoms in total. The van der Waals surface area contributed by atoms with Crippen molar-refractivity contribution >= 4 is 35.2 Å². The van der Waals surface area contributed by atoms with Crippen LogP contribution in [0.4, 0.5) is 13.6 Å². The summed E-state index contributed by atoms with van der Waals surface area (Å²) in [6, 6.07) is 13.1. The van der Waals surface area contributed by atoms with Gasteiger partial charge in [0.25, 0.3) is 6.33 Å². The smallest absolute Gasteiger partial charge is 0.410 e. The van der Waals surface area contributed by atoms with E-state index >= 15 is 4.39 Å². The number of Topliss-reactive ketones (excluding diaryl/α,β-unsaturated/α-hetero) is 1. The molecule has 314 valence electrons. The topological polar surface area (TPSA) is 211 Å². The fourth-order valence-corrected chi connectivity index (χ4v) is 6.80. The van der Waals surface area contributed by atoms with Gasteiger partial charge in [-0.1, -0.05) is 19.1 Å². The molecule has 0 bridgehead atoms. The number of carboxylic acid groups (broad SMARTS) is 1. The van der Waals surface area contributed by atoms with Gasteiger partial charge >= 0.3 is 18.0 Å². The number of aliphatic carboxylic acids is 1. The van der Waals surface area contributed by atoms with Gasteiger partial charge in [0.15, 0.2) is 0 Å². The van der Waals surface area contributed by atoms with Crippen LogP contribution in [-0.2, 0) is 49.0 Å². The molecular weight excluding hydrogens is 805 g/mol. The van der Waals surface area contributed by atoms with Crippen molar-refractivity contribution in [2.75, 3.05) is 13.6 Å². The molecule has 0 fully saturated rings. The predicted octanol–water partition coefficient (Wildman–Crippen LogP) is 5.23. The van der Waals surface area contributed by atoms with Crippen LogP contribution >= 0.6 is 11.3 Å². The molecule has 1 amide bonds. The van der Waals surface area contributed by atoms with Crippen LogP contribution in [0.1, 0.15) is 74.2 Å². The Labute approximate surface area is 347 Å². The minimum absolute atomic E-state index is 0.0124. The molecular formula is C41H42F2N7O9S+. The summed E-state index contributed by atoms with van der Waals surface area (Å²) in [5.74, 6) is -6.03.